The Kier molecular flexibility index (Phi) is 3.14. The van der Waals surface area contributed by atoms with Crippen molar-refractivity contribution in [3.05, 3.63) is 52.5 Å². The zero-order chi connectivity index (χ0) is 14.8. The van der Waals surface area contributed by atoms with Crippen molar-refractivity contribution in [3.63, 3.8) is 0 Å². The molecule has 0 radical (unpaired) electrons. The molecule has 3 aromatic rings. The summed E-state index contributed by atoms with van der Waals surface area (Å²) < 4.78 is 6.82. The highest BCUT2D eigenvalue weighted by Gasteiger charge is 2.10. The smallest absolute Gasteiger partial charge is 0.269 e. The average molecular weight is 286 g/mol. The van der Waals surface area contributed by atoms with Gasteiger partial charge in [0.1, 0.15) is 12.9 Å². The predicted molar refractivity (Wildman–Crippen MR) is 70.2 cm³/mol. The standard InChI is InChI=1S/C12H10N6O3/c1-8-14-15-11(21-8)6-17-7-13-12(16-17)9-2-4-10(5-3-9)18(19)20/h2-5,7H,6H2,1H3. The van der Waals surface area contributed by atoms with Crippen molar-refractivity contribution in [1.29, 1.82) is 0 Å². The van der Waals surface area contributed by atoms with Gasteiger partial charge in [-0.3, -0.25) is 10.1 Å². The molecule has 0 unspecified atom stereocenters. The number of aryl methyl sites for hydroxylation is 1. The Hall–Kier alpha value is -3.10. The van der Waals surface area contributed by atoms with E-state index in [4.69, 9.17) is 4.42 Å². The summed E-state index contributed by atoms with van der Waals surface area (Å²) in [5, 5.41) is 22.5. The molecule has 0 saturated heterocycles. The molecule has 0 N–H and O–H groups in total. The van der Waals surface area contributed by atoms with Gasteiger partial charge in [0.05, 0.1) is 4.92 Å². The molecule has 2 heterocycles. The van der Waals surface area contributed by atoms with Crippen LogP contribution in [0.25, 0.3) is 11.4 Å². The number of hydrogen-bond donors (Lipinski definition) is 0. The summed E-state index contributed by atoms with van der Waals surface area (Å²) in [5.41, 5.74) is 0.723. The third-order valence-corrected chi connectivity index (χ3v) is 2.74. The largest absolute Gasteiger partial charge is 0.424 e. The minimum absolute atomic E-state index is 0.0273. The molecule has 0 amide bonds. The Morgan fingerprint density at radius 1 is 1.29 bits per heavy atom. The molecule has 2 aromatic heterocycles. The van der Waals surface area contributed by atoms with E-state index in [9.17, 15) is 10.1 Å². The van der Waals surface area contributed by atoms with Gasteiger partial charge in [-0.2, -0.15) is 5.10 Å². The number of aromatic nitrogens is 5. The van der Waals surface area contributed by atoms with Crippen LogP contribution in [0.5, 0.6) is 0 Å². The van der Waals surface area contributed by atoms with E-state index in [0.717, 1.165) is 0 Å². The van der Waals surface area contributed by atoms with Crippen LogP contribution in [0.3, 0.4) is 0 Å². The Morgan fingerprint density at radius 2 is 2.05 bits per heavy atom. The molecule has 21 heavy (non-hydrogen) atoms. The predicted octanol–water partition coefficient (Wildman–Crippen LogP) is 1.59. The fourth-order valence-electron chi connectivity index (χ4n) is 1.78. The van der Waals surface area contributed by atoms with Gasteiger partial charge in [-0.15, -0.1) is 10.2 Å². The van der Waals surface area contributed by atoms with Crippen LogP contribution in [0.1, 0.15) is 11.8 Å². The van der Waals surface area contributed by atoms with E-state index < -0.39 is 4.92 Å². The van der Waals surface area contributed by atoms with E-state index >= 15 is 0 Å². The SMILES string of the molecule is Cc1nnc(Cn2cnc(-c3ccc([N+](=O)[O-])cc3)n2)o1. The minimum atomic E-state index is -0.451. The Morgan fingerprint density at radius 3 is 2.67 bits per heavy atom. The zero-order valence-corrected chi connectivity index (χ0v) is 11.0. The van der Waals surface area contributed by atoms with Crippen LogP contribution in [0.15, 0.2) is 35.0 Å². The Balaban J connectivity index is 1.79. The van der Waals surface area contributed by atoms with Crippen LogP contribution in [0.2, 0.25) is 0 Å². The summed E-state index contributed by atoms with van der Waals surface area (Å²) in [5.74, 6) is 1.40. The number of benzene rings is 1. The van der Waals surface area contributed by atoms with Crippen molar-refractivity contribution in [2.24, 2.45) is 0 Å². The second-order valence-corrected chi connectivity index (χ2v) is 4.28. The third-order valence-electron chi connectivity index (χ3n) is 2.74. The van der Waals surface area contributed by atoms with Crippen molar-refractivity contribution in [2.75, 3.05) is 0 Å². The molecule has 9 heteroatoms. The van der Waals surface area contributed by atoms with Crippen molar-refractivity contribution < 1.29 is 9.34 Å². The monoisotopic (exact) mass is 286 g/mol. The molecule has 0 fully saturated rings. The first-order valence-electron chi connectivity index (χ1n) is 6.05. The highest BCUT2D eigenvalue weighted by Crippen LogP contribution is 2.19. The van der Waals surface area contributed by atoms with Crippen molar-refractivity contribution in [3.8, 4) is 11.4 Å². The van der Waals surface area contributed by atoms with Gasteiger partial charge in [0.25, 0.3) is 5.69 Å². The number of nitro groups is 1. The lowest BCUT2D eigenvalue weighted by Crippen LogP contribution is -2.00. The molecule has 9 nitrogen and oxygen atoms in total. The van der Waals surface area contributed by atoms with E-state index in [1.165, 1.54) is 18.5 Å². The van der Waals surface area contributed by atoms with Gasteiger partial charge in [-0.05, 0) is 12.1 Å². The zero-order valence-electron chi connectivity index (χ0n) is 11.0. The molecule has 106 valence electrons. The fourth-order valence-corrected chi connectivity index (χ4v) is 1.78. The van der Waals surface area contributed by atoms with Gasteiger partial charge in [-0.1, -0.05) is 0 Å². The molecule has 0 spiro atoms. The highest BCUT2D eigenvalue weighted by molar-refractivity contribution is 5.56. The van der Waals surface area contributed by atoms with E-state index in [2.05, 4.69) is 20.3 Å². The molecular weight excluding hydrogens is 276 g/mol. The Bertz CT molecular complexity index is 776. The van der Waals surface area contributed by atoms with Crippen molar-refractivity contribution in [2.45, 2.75) is 13.5 Å². The summed E-state index contributed by atoms with van der Waals surface area (Å²) in [6.07, 6.45) is 1.54. The third kappa shape index (κ3) is 2.76. The summed E-state index contributed by atoms with van der Waals surface area (Å²) in [6.45, 7) is 2.03. The number of rotatable bonds is 4. The maximum atomic E-state index is 10.6. The first-order valence-corrected chi connectivity index (χ1v) is 6.05. The lowest BCUT2D eigenvalue weighted by molar-refractivity contribution is -0.384. The summed E-state index contributed by atoms with van der Waals surface area (Å²) >= 11 is 0. The first kappa shape index (κ1) is 12.9. The number of hydrogen-bond acceptors (Lipinski definition) is 7. The maximum Gasteiger partial charge on any atom is 0.269 e. The van der Waals surface area contributed by atoms with Crippen molar-refractivity contribution in [1.82, 2.24) is 25.0 Å². The van der Waals surface area contributed by atoms with Gasteiger partial charge in [-0.25, -0.2) is 9.67 Å². The maximum absolute atomic E-state index is 10.6. The first-order chi connectivity index (χ1) is 10.1. The molecule has 0 bridgehead atoms. The minimum Gasteiger partial charge on any atom is -0.424 e. The van der Waals surface area contributed by atoms with E-state index in [-0.39, 0.29) is 5.69 Å². The summed E-state index contributed by atoms with van der Waals surface area (Å²) in [7, 11) is 0. The summed E-state index contributed by atoms with van der Waals surface area (Å²) in [6, 6.07) is 6.04. The lowest BCUT2D eigenvalue weighted by Gasteiger charge is -1.96. The van der Waals surface area contributed by atoms with Crippen molar-refractivity contribution >= 4 is 5.69 Å². The molecule has 0 saturated carbocycles. The van der Waals surface area contributed by atoms with Gasteiger partial charge >= 0.3 is 0 Å². The van der Waals surface area contributed by atoms with E-state index in [0.29, 0.717) is 29.7 Å². The number of non-ortho nitro benzene ring substituents is 1. The highest BCUT2D eigenvalue weighted by atomic mass is 16.6. The molecule has 1 aromatic carbocycles. The van der Waals surface area contributed by atoms with Crippen LogP contribution >= 0.6 is 0 Å². The van der Waals surface area contributed by atoms with Crippen LogP contribution in [0, 0.1) is 17.0 Å². The summed E-state index contributed by atoms with van der Waals surface area (Å²) in [4.78, 5) is 14.3. The second kappa shape index (κ2) is 5.12. The molecule has 0 aliphatic rings. The van der Waals surface area contributed by atoms with Crippen LogP contribution in [-0.4, -0.2) is 29.9 Å². The van der Waals surface area contributed by atoms with E-state index in [1.54, 1.807) is 23.7 Å². The molecule has 0 aliphatic carbocycles. The molecule has 0 aliphatic heterocycles. The quantitative estimate of drug-likeness (QED) is 0.528. The fraction of sp³-hybridized carbons (Fsp3) is 0.167. The molecular formula is C12H10N6O3. The van der Waals surface area contributed by atoms with Crippen LogP contribution in [0.4, 0.5) is 5.69 Å². The number of nitrogens with zero attached hydrogens (tertiary/aromatic N) is 6. The van der Waals surface area contributed by atoms with Gasteiger partial charge < -0.3 is 4.42 Å². The Labute approximate surface area is 118 Å². The topological polar surface area (TPSA) is 113 Å². The second-order valence-electron chi connectivity index (χ2n) is 4.28. The lowest BCUT2D eigenvalue weighted by atomic mass is 10.2. The van der Waals surface area contributed by atoms with Gasteiger partial charge in [0.2, 0.25) is 11.8 Å². The number of nitro benzene ring substituents is 1. The van der Waals surface area contributed by atoms with Gasteiger partial charge in [0, 0.05) is 24.6 Å². The normalized spacial score (nSPS) is 10.7. The molecule has 3 rings (SSSR count). The van der Waals surface area contributed by atoms with Crippen LogP contribution in [-0.2, 0) is 6.54 Å². The van der Waals surface area contributed by atoms with Crippen LogP contribution < -0.4 is 0 Å². The van der Waals surface area contributed by atoms with E-state index in [1.807, 2.05) is 0 Å². The molecule has 0 atom stereocenters. The average Bonchev–Trinajstić information content (AvgIpc) is 3.09. The van der Waals surface area contributed by atoms with Gasteiger partial charge in [0.15, 0.2) is 5.82 Å².